The molecule has 0 spiro atoms. The van der Waals surface area contributed by atoms with Gasteiger partial charge in [-0.15, -0.1) is 0 Å². The summed E-state index contributed by atoms with van der Waals surface area (Å²) in [5, 5.41) is 5.93. The molecule has 1 aliphatic heterocycles. The Morgan fingerprint density at radius 2 is 1.54 bits per heavy atom. The first-order valence-electron chi connectivity index (χ1n) is 7.73. The van der Waals surface area contributed by atoms with Crippen molar-refractivity contribution in [3.63, 3.8) is 0 Å². The molecular formula is C15H16F7NO4S. The van der Waals surface area contributed by atoms with E-state index in [-0.39, 0.29) is 25.9 Å². The summed E-state index contributed by atoms with van der Waals surface area (Å²) in [5.74, 6) is -4.12. The SMILES string of the molecule is O=C(O)C(F)(F)F.O=S(=O)(c1ccccc1C(F)F)C(F)(F)C1CCNCC1. The highest BCUT2D eigenvalue weighted by atomic mass is 32.2. The predicted molar refractivity (Wildman–Crippen MR) is 82.8 cm³/mol. The van der Waals surface area contributed by atoms with Crippen LogP contribution in [0.5, 0.6) is 0 Å². The number of benzene rings is 1. The lowest BCUT2D eigenvalue weighted by Gasteiger charge is -2.30. The Hall–Kier alpha value is -1.89. The number of carboxylic acids is 1. The quantitative estimate of drug-likeness (QED) is 0.701. The van der Waals surface area contributed by atoms with Crippen molar-refractivity contribution in [2.24, 2.45) is 5.92 Å². The molecule has 1 heterocycles. The Kier molecular flexibility index (Phi) is 7.82. The summed E-state index contributed by atoms with van der Waals surface area (Å²) in [6.07, 6.45) is -8.23. The molecular weight excluding hydrogens is 423 g/mol. The minimum absolute atomic E-state index is 0.0108. The lowest BCUT2D eigenvalue weighted by molar-refractivity contribution is -0.192. The van der Waals surface area contributed by atoms with Crippen LogP contribution in [0.4, 0.5) is 30.7 Å². The average molecular weight is 439 g/mol. The minimum Gasteiger partial charge on any atom is -0.475 e. The van der Waals surface area contributed by atoms with E-state index in [2.05, 4.69) is 5.32 Å². The van der Waals surface area contributed by atoms with Gasteiger partial charge in [-0.25, -0.2) is 22.0 Å². The summed E-state index contributed by atoms with van der Waals surface area (Å²) < 4.78 is 111. The third-order valence-electron chi connectivity index (χ3n) is 3.86. The normalized spacial score (nSPS) is 16.4. The average Bonchev–Trinajstić information content (AvgIpc) is 2.62. The van der Waals surface area contributed by atoms with Crippen LogP contribution in [-0.4, -0.2) is 44.0 Å². The third kappa shape index (κ3) is 5.56. The van der Waals surface area contributed by atoms with Gasteiger partial charge in [0.05, 0.1) is 4.90 Å². The largest absolute Gasteiger partial charge is 0.490 e. The standard InChI is InChI=1S/C13H15F4NO2S.C2HF3O2/c14-12(15)10-3-1-2-4-11(10)21(19,20)13(16,17)9-5-7-18-8-6-9;3-2(4,5)1(6)7/h1-4,9,12,18H,5-8H2;(H,6,7). The number of hydrogen-bond donors (Lipinski definition) is 2. The number of rotatable bonds is 4. The number of alkyl halides is 7. The Bertz CT molecular complexity index is 775. The van der Waals surface area contributed by atoms with Crippen molar-refractivity contribution >= 4 is 15.8 Å². The van der Waals surface area contributed by atoms with E-state index in [9.17, 15) is 39.2 Å². The van der Waals surface area contributed by atoms with Crippen LogP contribution in [0.2, 0.25) is 0 Å². The Balaban J connectivity index is 0.000000480. The molecule has 0 bridgehead atoms. The van der Waals surface area contributed by atoms with Gasteiger partial charge in [0, 0.05) is 11.5 Å². The van der Waals surface area contributed by atoms with Gasteiger partial charge < -0.3 is 10.4 Å². The van der Waals surface area contributed by atoms with Gasteiger partial charge in [-0.3, -0.25) is 0 Å². The Morgan fingerprint density at radius 1 is 1.07 bits per heavy atom. The lowest BCUT2D eigenvalue weighted by Crippen LogP contribution is -2.43. The molecule has 5 nitrogen and oxygen atoms in total. The molecule has 1 saturated heterocycles. The van der Waals surface area contributed by atoms with Crippen molar-refractivity contribution in [2.45, 2.75) is 35.6 Å². The first-order valence-corrected chi connectivity index (χ1v) is 9.21. The molecule has 0 radical (unpaired) electrons. The minimum atomic E-state index is -5.15. The molecule has 0 atom stereocenters. The molecule has 13 heteroatoms. The molecule has 1 aromatic carbocycles. The fraction of sp³-hybridized carbons (Fsp3) is 0.533. The number of piperidine rings is 1. The predicted octanol–water partition coefficient (Wildman–Crippen LogP) is 3.62. The molecule has 28 heavy (non-hydrogen) atoms. The van der Waals surface area contributed by atoms with E-state index in [4.69, 9.17) is 9.90 Å². The van der Waals surface area contributed by atoms with Gasteiger partial charge in [0.1, 0.15) is 0 Å². The molecule has 0 amide bonds. The molecule has 0 saturated carbocycles. The van der Waals surface area contributed by atoms with Crippen molar-refractivity contribution < 1.29 is 49.1 Å². The van der Waals surface area contributed by atoms with Crippen LogP contribution in [-0.2, 0) is 14.6 Å². The lowest BCUT2D eigenvalue weighted by atomic mass is 9.99. The zero-order valence-corrected chi connectivity index (χ0v) is 14.8. The van der Waals surface area contributed by atoms with Crippen molar-refractivity contribution in [2.75, 3.05) is 13.1 Å². The van der Waals surface area contributed by atoms with E-state index in [1.807, 2.05) is 0 Å². The molecule has 0 aliphatic carbocycles. The number of carboxylic acid groups (broad SMARTS) is 1. The fourth-order valence-electron chi connectivity index (χ4n) is 2.43. The van der Waals surface area contributed by atoms with Crippen molar-refractivity contribution in [1.29, 1.82) is 0 Å². The summed E-state index contributed by atoms with van der Waals surface area (Å²) in [6, 6.07) is 4.03. The Labute approximate surface area is 155 Å². The molecule has 1 aromatic rings. The zero-order valence-electron chi connectivity index (χ0n) is 14.0. The maximum absolute atomic E-state index is 14.4. The molecule has 160 valence electrons. The van der Waals surface area contributed by atoms with Gasteiger partial charge in [-0.1, -0.05) is 18.2 Å². The van der Waals surface area contributed by atoms with Crippen LogP contribution >= 0.6 is 0 Å². The van der Waals surface area contributed by atoms with Crippen LogP contribution in [0.1, 0.15) is 24.8 Å². The molecule has 1 fully saturated rings. The highest BCUT2D eigenvalue weighted by Gasteiger charge is 2.53. The summed E-state index contributed by atoms with van der Waals surface area (Å²) >= 11 is 0. The maximum Gasteiger partial charge on any atom is 0.490 e. The number of carbonyl (C=O) groups is 1. The van der Waals surface area contributed by atoms with Gasteiger partial charge in [-0.05, 0) is 32.0 Å². The van der Waals surface area contributed by atoms with E-state index in [0.717, 1.165) is 18.2 Å². The second kappa shape index (κ2) is 9.07. The second-order valence-electron chi connectivity index (χ2n) is 5.73. The molecule has 0 unspecified atom stereocenters. The number of halogens is 7. The van der Waals surface area contributed by atoms with Crippen molar-refractivity contribution in [3.05, 3.63) is 29.8 Å². The van der Waals surface area contributed by atoms with Gasteiger partial charge >= 0.3 is 17.4 Å². The van der Waals surface area contributed by atoms with Crippen LogP contribution in [0, 0.1) is 5.92 Å². The summed E-state index contributed by atoms with van der Waals surface area (Å²) in [5.41, 5.74) is -0.883. The number of sulfone groups is 1. The molecule has 2 N–H and O–H groups in total. The van der Waals surface area contributed by atoms with E-state index in [1.165, 1.54) is 6.07 Å². The van der Waals surface area contributed by atoms with Crippen LogP contribution in [0.3, 0.4) is 0 Å². The van der Waals surface area contributed by atoms with Crippen LogP contribution in [0.15, 0.2) is 29.2 Å². The number of hydrogen-bond acceptors (Lipinski definition) is 4. The summed E-state index contributed by atoms with van der Waals surface area (Å²) in [6.45, 7) is 0.568. The first-order chi connectivity index (χ1) is 12.7. The zero-order chi connectivity index (χ0) is 21.8. The smallest absolute Gasteiger partial charge is 0.475 e. The van der Waals surface area contributed by atoms with E-state index in [1.54, 1.807) is 0 Å². The van der Waals surface area contributed by atoms with Gasteiger partial charge in [-0.2, -0.15) is 22.0 Å². The van der Waals surface area contributed by atoms with Crippen molar-refractivity contribution in [3.8, 4) is 0 Å². The Morgan fingerprint density at radius 3 is 1.96 bits per heavy atom. The number of nitrogens with one attached hydrogen (secondary N) is 1. The molecule has 1 aliphatic rings. The van der Waals surface area contributed by atoms with Crippen LogP contribution in [0.25, 0.3) is 0 Å². The summed E-state index contributed by atoms with van der Waals surface area (Å²) in [7, 11) is -5.15. The van der Waals surface area contributed by atoms with Crippen molar-refractivity contribution in [1.82, 2.24) is 5.32 Å². The highest BCUT2D eigenvalue weighted by Crippen LogP contribution is 2.42. The van der Waals surface area contributed by atoms with Gasteiger partial charge in [0.15, 0.2) is 0 Å². The number of aliphatic carboxylic acids is 1. The van der Waals surface area contributed by atoms with E-state index < -0.39 is 50.0 Å². The maximum atomic E-state index is 14.4. The summed E-state index contributed by atoms with van der Waals surface area (Å²) in [4.78, 5) is 7.91. The van der Waals surface area contributed by atoms with Gasteiger partial charge in [0.2, 0.25) is 9.84 Å². The molecule has 2 rings (SSSR count). The fourth-order valence-corrected chi connectivity index (χ4v) is 4.12. The monoisotopic (exact) mass is 439 g/mol. The van der Waals surface area contributed by atoms with E-state index in [0.29, 0.717) is 0 Å². The highest BCUT2D eigenvalue weighted by molar-refractivity contribution is 7.92. The first kappa shape index (κ1) is 24.1. The third-order valence-corrected chi connectivity index (χ3v) is 5.86. The van der Waals surface area contributed by atoms with Gasteiger partial charge in [0.25, 0.3) is 6.43 Å². The molecule has 0 aromatic heterocycles. The van der Waals surface area contributed by atoms with E-state index >= 15 is 0 Å². The second-order valence-corrected chi connectivity index (χ2v) is 7.72. The van der Waals surface area contributed by atoms with Crippen LogP contribution < -0.4 is 5.32 Å². The topological polar surface area (TPSA) is 83.5 Å².